The van der Waals surface area contributed by atoms with Gasteiger partial charge in [-0.05, 0) is 24.3 Å². The third kappa shape index (κ3) is 3.83. The minimum absolute atomic E-state index is 0.129. The lowest BCUT2D eigenvalue weighted by atomic mass is 10.1. The molecule has 0 saturated carbocycles. The molecule has 0 saturated heterocycles. The van der Waals surface area contributed by atoms with Crippen LogP contribution in [0.4, 0.5) is 19.1 Å². The van der Waals surface area contributed by atoms with Crippen molar-refractivity contribution < 1.29 is 22.6 Å². The normalized spacial score (nSPS) is 11.6. The van der Waals surface area contributed by atoms with Gasteiger partial charge < -0.3 is 19.4 Å². The topological polar surface area (TPSA) is 91.4 Å². The van der Waals surface area contributed by atoms with Crippen LogP contribution in [0.15, 0.2) is 42.9 Å². The molecular weight excluding hydrogens is 403 g/mol. The van der Waals surface area contributed by atoms with E-state index in [0.717, 1.165) is 6.07 Å². The molecule has 12 heteroatoms. The number of hydrogen-bond acceptors (Lipinski definition) is 7. The van der Waals surface area contributed by atoms with Gasteiger partial charge in [-0.1, -0.05) is 0 Å². The zero-order valence-corrected chi connectivity index (χ0v) is 15.9. The molecule has 1 N–H and O–H groups in total. The molecule has 0 aliphatic heterocycles. The van der Waals surface area contributed by atoms with E-state index in [1.807, 2.05) is 7.05 Å². The van der Waals surface area contributed by atoms with Crippen molar-refractivity contribution in [3.05, 3.63) is 48.7 Å². The van der Waals surface area contributed by atoms with Gasteiger partial charge in [0.1, 0.15) is 23.5 Å². The van der Waals surface area contributed by atoms with E-state index in [0.29, 0.717) is 23.8 Å². The monoisotopic (exact) mass is 419 g/mol. The van der Waals surface area contributed by atoms with E-state index in [2.05, 4.69) is 30.4 Å². The summed E-state index contributed by atoms with van der Waals surface area (Å²) in [6.45, 7) is 0.336. The maximum absolute atomic E-state index is 12.9. The summed E-state index contributed by atoms with van der Waals surface area (Å²) in [6, 6.07) is 7.59. The highest BCUT2D eigenvalue weighted by Crippen LogP contribution is 2.37. The standard InChI is InChI=1S/C18H16F3N7O2/c1-27-10-23-24-15(27)9-22-17-26-25-16(13-4-3-7-28(13)17)12-6-5-11(29-2)8-14(12)30-18(19,20)21/h3-8,10H,9H2,1-2H3,(H,22,26). The largest absolute Gasteiger partial charge is 0.573 e. The molecule has 0 aliphatic carbocycles. The van der Waals surface area contributed by atoms with E-state index < -0.39 is 12.1 Å². The first-order valence-corrected chi connectivity index (χ1v) is 8.70. The van der Waals surface area contributed by atoms with Crippen LogP contribution in [0, 0.1) is 0 Å². The van der Waals surface area contributed by atoms with Crippen molar-refractivity contribution in [2.75, 3.05) is 12.4 Å². The van der Waals surface area contributed by atoms with Crippen molar-refractivity contribution in [2.45, 2.75) is 12.9 Å². The Balaban J connectivity index is 1.74. The molecule has 0 unspecified atom stereocenters. The summed E-state index contributed by atoms with van der Waals surface area (Å²) in [4.78, 5) is 0. The molecule has 4 aromatic rings. The second-order valence-electron chi connectivity index (χ2n) is 6.26. The molecule has 3 heterocycles. The summed E-state index contributed by atoms with van der Waals surface area (Å²) < 4.78 is 51.4. The van der Waals surface area contributed by atoms with Gasteiger partial charge in [0.2, 0.25) is 5.95 Å². The van der Waals surface area contributed by atoms with Crippen molar-refractivity contribution in [2.24, 2.45) is 7.05 Å². The third-order valence-corrected chi connectivity index (χ3v) is 4.34. The minimum Gasteiger partial charge on any atom is -0.497 e. The smallest absolute Gasteiger partial charge is 0.497 e. The Bertz CT molecular complexity index is 1190. The summed E-state index contributed by atoms with van der Waals surface area (Å²) in [7, 11) is 3.16. The number of aryl methyl sites for hydroxylation is 1. The van der Waals surface area contributed by atoms with Crippen LogP contribution >= 0.6 is 0 Å². The van der Waals surface area contributed by atoms with E-state index in [1.165, 1.54) is 19.2 Å². The van der Waals surface area contributed by atoms with Crippen LogP contribution in [0.25, 0.3) is 16.8 Å². The third-order valence-electron chi connectivity index (χ3n) is 4.34. The Kier molecular flexibility index (Phi) is 4.90. The zero-order valence-electron chi connectivity index (χ0n) is 15.9. The van der Waals surface area contributed by atoms with Crippen LogP contribution in [-0.2, 0) is 13.6 Å². The molecule has 0 aliphatic rings. The maximum Gasteiger partial charge on any atom is 0.573 e. The van der Waals surface area contributed by atoms with E-state index in [-0.39, 0.29) is 17.0 Å². The summed E-state index contributed by atoms with van der Waals surface area (Å²) in [5, 5.41) is 19.2. The van der Waals surface area contributed by atoms with Crippen LogP contribution in [0.1, 0.15) is 5.82 Å². The number of nitrogens with one attached hydrogen (secondary N) is 1. The van der Waals surface area contributed by atoms with Gasteiger partial charge in [0.05, 0.1) is 19.2 Å². The molecule has 0 spiro atoms. The van der Waals surface area contributed by atoms with Crippen molar-refractivity contribution in [3.63, 3.8) is 0 Å². The van der Waals surface area contributed by atoms with Gasteiger partial charge in [0.25, 0.3) is 0 Å². The summed E-state index contributed by atoms with van der Waals surface area (Å²) in [5.41, 5.74) is 0.901. The average molecular weight is 419 g/mol. The highest BCUT2D eigenvalue weighted by Gasteiger charge is 2.33. The number of fused-ring (bicyclic) bond motifs is 1. The number of ether oxygens (including phenoxy) is 2. The Morgan fingerprint density at radius 3 is 2.67 bits per heavy atom. The van der Waals surface area contributed by atoms with Gasteiger partial charge >= 0.3 is 6.36 Å². The van der Waals surface area contributed by atoms with E-state index in [4.69, 9.17) is 4.74 Å². The van der Waals surface area contributed by atoms with Crippen LogP contribution in [0.3, 0.4) is 0 Å². The highest BCUT2D eigenvalue weighted by atomic mass is 19.4. The molecule has 0 radical (unpaired) electrons. The zero-order chi connectivity index (χ0) is 21.3. The second kappa shape index (κ2) is 7.54. The van der Waals surface area contributed by atoms with Crippen molar-refractivity contribution in [1.82, 2.24) is 29.4 Å². The predicted molar refractivity (Wildman–Crippen MR) is 100.0 cm³/mol. The molecule has 30 heavy (non-hydrogen) atoms. The lowest BCUT2D eigenvalue weighted by Gasteiger charge is -2.15. The number of methoxy groups -OCH3 is 1. The highest BCUT2D eigenvalue weighted by molar-refractivity contribution is 5.81. The number of halogens is 3. The molecule has 0 bridgehead atoms. The fourth-order valence-electron chi connectivity index (χ4n) is 2.93. The number of nitrogens with zero attached hydrogens (tertiary/aromatic N) is 6. The molecular formula is C18H16F3N7O2. The van der Waals surface area contributed by atoms with Crippen LogP contribution in [-0.4, -0.2) is 42.8 Å². The lowest BCUT2D eigenvalue weighted by molar-refractivity contribution is -0.274. The fourth-order valence-corrected chi connectivity index (χ4v) is 2.93. The van der Waals surface area contributed by atoms with E-state index in [9.17, 15) is 13.2 Å². The first kappa shape index (κ1) is 19.5. The first-order chi connectivity index (χ1) is 14.4. The Morgan fingerprint density at radius 1 is 1.13 bits per heavy atom. The van der Waals surface area contributed by atoms with Gasteiger partial charge in [0.15, 0.2) is 5.82 Å². The average Bonchev–Trinajstić information content (AvgIpc) is 3.34. The number of rotatable bonds is 6. The predicted octanol–water partition coefficient (Wildman–Crippen LogP) is 3.04. The van der Waals surface area contributed by atoms with Gasteiger partial charge in [-0.3, -0.25) is 4.40 Å². The molecule has 0 fully saturated rings. The van der Waals surface area contributed by atoms with Gasteiger partial charge in [-0.15, -0.1) is 33.6 Å². The van der Waals surface area contributed by atoms with E-state index in [1.54, 1.807) is 33.6 Å². The van der Waals surface area contributed by atoms with Gasteiger partial charge in [-0.25, -0.2) is 0 Å². The number of hydrogen-bond donors (Lipinski definition) is 1. The van der Waals surface area contributed by atoms with Crippen LogP contribution < -0.4 is 14.8 Å². The molecule has 1 aromatic carbocycles. The summed E-state index contributed by atoms with van der Waals surface area (Å²) in [5.74, 6) is 0.865. The van der Waals surface area contributed by atoms with Crippen LogP contribution in [0.5, 0.6) is 11.5 Å². The number of benzene rings is 1. The van der Waals surface area contributed by atoms with Crippen molar-refractivity contribution >= 4 is 11.5 Å². The fraction of sp³-hybridized carbons (Fsp3) is 0.222. The SMILES string of the molecule is COc1ccc(-c2nnc(NCc3nncn3C)n3cccc23)c(OC(F)(F)F)c1. The first-order valence-electron chi connectivity index (χ1n) is 8.70. The van der Waals surface area contributed by atoms with Crippen molar-refractivity contribution in [1.29, 1.82) is 0 Å². The van der Waals surface area contributed by atoms with E-state index >= 15 is 0 Å². The second-order valence-corrected chi connectivity index (χ2v) is 6.26. The van der Waals surface area contributed by atoms with Crippen LogP contribution in [0.2, 0.25) is 0 Å². The van der Waals surface area contributed by atoms with Crippen molar-refractivity contribution in [3.8, 4) is 22.8 Å². The Morgan fingerprint density at radius 2 is 1.97 bits per heavy atom. The molecule has 4 rings (SSSR count). The number of aromatic nitrogens is 6. The summed E-state index contributed by atoms with van der Waals surface area (Å²) >= 11 is 0. The quantitative estimate of drug-likeness (QED) is 0.514. The minimum atomic E-state index is -4.87. The molecule has 9 nitrogen and oxygen atoms in total. The lowest BCUT2D eigenvalue weighted by Crippen LogP contribution is -2.18. The molecule has 0 atom stereocenters. The van der Waals surface area contributed by atoms with Gasteiger partial charge in [0, 0.05) is 24.9 Å². The van der Waals surface area contributed by atoms with Gasteiger partial charge in [-0.2, -0.15) is 0 Å². The maximum atomic E-state index is 12.9. The molecule has 0 amide bonds. The molecule has 3 aromatic heterocycles. The molecule has 156 valence electrons. The Labute approximate surface area is 168 Å². The Hall–Kier alpha value is -3.83. The summed E-state index contributed by atoms with van der Waals surface area (Å²) in [6.07, 6.45) is -1.58. The number of anilines is 1. The number of alkyl halides is 3.